The molecule has 0 heterocycles. The Hall–Kier alpha value is -1.98. The molecule has 4 nitrogen and oxygen atoms in total. The van der Waals surface area contributed by atoms with E-state index in [0.29, 0.717) is 22.0 Å². The van der Waals surface area contributed by atoms with E-state index in [0.717, 1.165) is 17.7 Å². The Morgan fingerprint density at radius 1 is 1.08 bits per heavy atom. The van der Waals surface area contributed by atoms with Crippen molar-refractivity contribution in [3.8, 4) is 0 Å². The van der Waals surface area contributed by atoms with Gasteiger partial charge in [0.25, 0.3) is 10.0 Å². The summed E-state index contributed by atoms with van der Waals surface area (Å²) in [6.45, 7) is 0. The summed E-state index contributed by atoms with van der Waals surface area (Å²) in [4.78, 5) is 2.27. The van der Waals surface area contributed by atoms with Gasteiger partial charge in [0.05, 0.1) is 21.3 Å². The number of fused-ring (bicyclic) bond motifs is 1. The molecule has 126 valence electrons. The van der Waals surface area contributed by atoms with Crippen molar-refractivity contribution in [2.75, 3.05) is 23.7 Å². The lowest BCUT2D eigenvalue weighted by Crippen LogP contribution is -2.17. The van der Waals surface area contributed by atoms with Gasteiger partial charge < -0.3 is 4.90 Å². The number of aryl methyl sites for hydroxylation is 1. The third kappa shape index (κ3) is 3.42. The van der Waals surface area contributed by atoms with Crippen LogP contribution in [-0.4, -0.2) is 22.5 Å². The maximum absolute atomic E-state index is 12.7. The van der Waals surface area contributed by atoms with Crippen LogP contribution in [-0.2, 0) is 16.4 Å². The Labute approximate surface area is 147 Å². The molecular formula is C18H19ClN2O2S. The van der Waals surface area contributed by atoms with Crippen LogP contribution < -0.4 is 9.62 Å². The molecule has 0 saturated heterocycles. The summed E-state index contributed by atoms with van der Waals surface area (Å²) in [6.07, 6.45) is 2.97. The first kappa shape index (κ1) is 16.9. The van der Waals surface area contributed by atoms with E-state index in [2.05, 4.69) is 4.72 Å². The van der Waals surface area contributed by atoms with Crippen molar-refractivity contribution < 1.29 is 8.42 Å². The summed E-state index contributed by atoms with van der Waals surface area (Å²) >= 11 is 6.21. The standard InChI is InChI=1S/C18H19ClN2O2S/c1-21(2)18-10-8-15(12-17(18)19)20-24(22,23)16-9-7-13-5-3-4-6-14(13)11-16/h3-6,8,10-12,20H,7,9H2,1-2H3. The molecule has 0 saturated carbocycles. The molecule has 3 rings (SSSR count). The Morgan fingerprint density at radius 3 is 2.54 bits per heavy atom. The molecule has 6 heteroatoms. The molecular weight excluding hydrogens is 344 g/mol. The Morgan fingerprint density at radius 2 is 1.83 bits per heavy atom. The van der Waals surface area contributed by atoms with Crippen molar-refractivity contribution in [2.45, 2.75) is 12.8 Å². The molecule has 0 aliphatic heterocycles. The molecule has 1 N–H and O–H groups in total. The SMILES string of the molecule is CN(C)c1ccc(NS(=O)(=O)C2=Cc3ccccc3CC2)cc1Cl. The van der Waals surface area contributed by atoms with Gasteiger partial charge in [-0.1, -0.05) is 35.9 Å². The number of rotatable bonds is 4. The van der Waals surface area contributed by atoms with E-state index in [4.69, 9.17) is 11.6 Å². The molecule has 2 aromatic carbocycles. The number of hydrogen-bond acceptors (Lipinski definition) is 3. The van der Waals surface area contributed by atoms with Gasteiger partial charge in [-0.3, -0.25) is 4.72 Å². The number of allylic oxidation sites excluding steroid dienone is 1. The van der Waals surface area contributed by atoms with E-state index in [9.17, 15) is 8.42 Å². The van der Waals surface area contributed by atoms with Crippen LogP contribution in [0.15, 0.2) is 47.4 Å². The molecule has 0 amide bonds. The molecule has 0 atom stereocenters. The lowest BCUT2D eigenvalue weighted by Gasteiger charge is -2.19. The van der Waals surface area contributed by atoms with Crippen LogP contribution in [0.25, 0.3) is 6.08 Å². The highest BCUT2D eigenvalue weighted by molar-refractivity contribution is 7.96. The number of hydrogen-bond donors (Lipinski definition) is 1. The summed E-state index contributed by atoms with van der Waals surface area (Å²) < 4.78 is 28.0. The first-order chi connectivity index (χ1) is 11.4. The minimum atomic E-state index is -3.59. The highest BCUT2D eigenvalue weighted by Crippen LogP contribution is 2.31. The molecule has 2 aromatic rings. The molecule has 1 aliphatic carbocycles. The Balaban J connectivity index is 1.87. The predicted octanol–water partition coefficient (Wildman–Crippen LogP) is 4.14. The summed E-state index contributed by atoms with van der Waals surface area (Å²) in [5, 5.41) is 0.503. The Bertz CT molecular complexity index is 905. The van der Waals surface area contributed by atoms with Crippen LogP contribution in [0.3, 0.4) is 0 Å². The molecule has 0 unspecified atom stereocenters. The summed E-state index contributed by atoms with van der Waals surface area (Å²) in [5.74, 6) is 0. The number of anilines is 2. The quantitative estimate of drug-likeness (QED) is 0.889. The van der Waals surface area contributed by atoms with Crippen molar-refractivity contribution >= 4 is 39.1 Å². The average molecular weight is 363 g/mol. The summed E-state index contributed by atoms with van der Waals surface area (Å²) in [5.41, 5.74) is 3.44. The molecule has 24 heavy (non-hydrogen) atoms. The molecule has 0 fully saturated rings. The predicted molar refractivity (Wildman–Crippen MR) is 101 cm³/mol. The zero-order chi connectivity index (χ0) is 17.3. The average Bonchev–Trinajstić information content (AvgIpc) is 2.53. The van der Waals surface area contributed by atoms with Gasteiger partial charge >= 0.3 is 0 Å². The van der Waals surface area contributed by atoms with E-state index in [1.54, 1.807) is 24.3 Å². The second-order valence-corrected chi connectivity index (χ2v) is 8.12. The minimum Gasteiger partial charge on any atom is -0.376 e. The van der Waals surface area contributed by atoms with Crippen molar-refractivity contribution in [2.24, 2.45) is 0 Å². The van der Waals surface area contributed by atoms with Crippen LogP contribution in [0.5, 0.6) is 0 Å². The fourth-order valence-corrected chi connectivity index (χ4v) is 4.34. The van der Waals surface area contributed by atoms with E-state index in [-0.39, 0.29) is 0 Å². The molecule has 0 spiro atoms. The molecule has 0 radical (unpaired) electrons. The van der Waals surface area contributed by atoms with Crippen LogP contribution in [0.4, 0.5) is 11.4 Å². The lowest BCUT2D eigenvalue weighted by molar-refractivity contribution is 0.605. The highest BCUT2D eigenvalue weighted by Gasteiger charge is 2.22. The van der Waals surface area contributed by atoms with Gasteiger partial charge in [-0.2, -0.15) is 0 Å². The fraction of sp³-hybridized carbons (Fsp3) is 0.222. The van der Waals surface area contributed by atoms with Gasteiger partial charge in [-0.15, -0.1) is 0 Å². The fourth-order valence-electron chi connectivity index (χ4n) is 2.77. The number of sulfonamides is 1. The van der Waals surface area contributed by atoms with Gasteiger partial charge in [-0.25, -0.2) is 8.42 Å². The monoisotopic (exact) mass is 362 g/mol. The summed E-state index contributed by atoms with van der Waals surface area (Å²) in [7, 11) is 0.178. The Kier molecular flexibility index (Phi) is 4.56. The third-order valence-electron chi connectivity index (χ3n) is 4.04. The zero-order valence-corrected chi connectivity index (χ0v) is 15.2. The second kappa shape index (κ2) is 6.49. The number of benzene rings is 2. The van der Waals surface area contributed by atoms with Crippen LogP contribution in [0.1, 0.15) is 17.5 Å². The van der Waals surface area contributed by atoms with E-state index >= 15 is 0 Å². The van der Waals surface area contributed by atoms with E-state index in [1.165, 1.54) is 5.56 Å². The topological polar surface area (TPSA) is 49.4 Å². The van der Waals surface area contributed by atoms with Gasteiger partial charge in [0.2, 0.25) is 0 Å². The minimum absolute atomic E-state index is 0.397. The van der Waals surface area contributed by atoms with Gasteiger partial charge in [0.15, 0.2) is 0 Å². The molecule has 0 bridgehead atoms. The molecule has 1 aliphatic rings. The van der Waals surface area contributed by atoms with Crippen molar-refractivity contribution in [1.82, 2.24) is 0 Å². The molecule has 0 aromatic heterocycles. The third-order valence-corrected chi connectivity index (χ3v) is 5.86. The van der Waals surface area contributed by atoms with Crippen LogP contribution in [0, 0.1) is 0 Å². The van der Waals surface area contributed by atoms with E-state index in [1.807, 2.05) is 43.3 Å². The second-order valence-electron chi connectivity index (χ2n) is 5.98. The maximum atomic E-state index is 12.7. The normalized spacial score (nSPS) is 13.9. The van der Waals surface area contributed by atoms with Gasteiger partial charge in [-0.05, 0) is 48.2 Å². The van der Waals surface area contributed by atoms with Crippen molar-refractivity contribution in [3.05, 3.63) is 63.5 Å². The van der Waals surface area contributed by atoms with Crippen molar-refractivity contribution in [1.29, 1.82) is 0 Å². The summed E-state index contributed by atoms with van der Waals surface area (Å²) in [6, 6.07) is 13.0. The number of halogens is 1. The lowest BCUT2D eigenvalue weighted by atomic mass is 9.98. The van der Waals surface area contributed by atoms with Crippen LogP contribution in [0.2, 0.25) is 5.02 Å². The van der Waals surface area contributed by atoms with Crippen LogP contribution >= 0.6 is 11.6 Å². The van der Waals surface area contributed by atoms with Gasteiger partial charge in [0.1, 0.15) is 0 Å². The maximum Gasteiger partial charge on any atom is 0.258 e. The highest BCUT2D eigenvalue weighted by atomic mass is 35.5. The van der Waals surface area contributed by atoms with Crippen molar-refractivity contribution in [3.63, 3.8) is 0 Å². The number of nitrogens with zero attached hydrogens (tertiary/aromatic N) is 1. The van der Waals surface area contributed by atoms with Gasteiger partial charge in [0, 0.05) is 14.1 Å². The number of nitrogens with one attached hydrogen (secondary N) is 1. The van der Waals surface area contributed by atoms with E-state index < -0.39 is 10.0 Å². The first-order valence-electron chi connectivity index (χ1n) is 7.65. The largest absolute Gasteiger partial charge is 0.376 e. The zero-order valence-electron chi connectivity index (χ0n) is 13.6. The first-order valence-corrected chi connectivity index (χ1v) is 9.51. The smallest absolute Gasteiger partial charge is 0.258 e.